The molecule has 0 bridgehead atoms. The molecule has 0 unspecified atom stereocenters. The van der Waals surface area contributed by atoms with Crippen LogP contribution in [0.15, 0.2) is 24.3 Å². The molecule has 2 N–H and O–H groups in total. The maximum atomic E-state index is 12.4. The van der Waals surface area contributed by atoms with Crippen molar-refractivity contribution in [3.63, 3.8) is 0 Å². The molecule has 0 aliphatic carbocycles. The van der Waals surface area contributed by atoms with Gasteiger partial charge in [-0.15, -0.1) is 0 Å². The monoisotopic (exact) mass is 422 g/mol. The Bertz CT molecular complexity index is 692. The van der Waals surface area contributed by atoms with Gasteiger partial charge in [0.05, 0.1) is 6.10 Å². The largest absolute Gasteiger partial charge is 0.390 e. The van der Waals surface area contributed by atoms with E-state index in [1.54, 1.807) is 23.9 Å². The van der Waals surface area contributed by atoms with Gasteiger partial charge in [0.15, 0.2) is 0 Å². The summed E-state index contributed by atoms with van der Waals surface area (Å²) in [4.78, 5) is 30.0. The lowest BCUT2D eigenvalue weighted by Crippen LogP contribution is -2.49. The summed E-state index contributed by atoms with van der Waals surface area (Å²) in [5.74, 6) is 0.144. The number of hydrogen-bond donors (Lipinski definition) is 2. The maximum absolute atomic E-state index is 12.4. The van der Waals surface area contributed by atoms with E-state index in [1.807, 2.05) is 6.07 Å². The Morgan fingerprint density at radius 1 is 1.17 bits per heavy atom. The average molecular weight is 423 g/mol. The van der Waals surface area contributed by atoms with Crippen molar-refractivity contribution in [3.05, 3.63) is 35.4 Å². The zero-order valence-electron chi connectivity index (χ0n) is 17.4. The minimum Gasteiger partial charge on any atom is -0.390 e. The third-order valence-electron chi connectivity index (χ3n) is 5.74. The Hall–Kier alpha value is -1.77. The number of likely N-dealkylation sites (tertiary alicyclic amines) is 1. The molecule has 29 heavy (non-hydrogen) atoms. The van der Waals surface area contributed by atoms with Gasteiger partial charge in [0.1, 0.15) is 0 Å². The number of carbonyl (C=O) groups is 2. The summed E-state index contributed by atoms with van der Waals surface area (Å²) in [6, 6.07) is 8.27. The number of carbonyl (C=O) groups excluding carboxylic acids is 2. The number of urea groups is 1. The van der Waals surface area contributed by atoms with Crippen molar-refractivity contribution in [1.82, 2.24) is 20.0 Å². The Balaban J connectivity index is 0.00000300. The average Bonchev–Trinajstić information content (AvgIpc) is 2.71. The number of rotatable bonds is 5. The zero-order valence-corrected chi connectivity index (χ0v) is 18.4. The van der Waals surface area contributed by atoms with Crippen molar-refractivity contribution in [2.45, 2.75) is 31.9 Å². The molecule has 2 aliphatic heterocycles. The van der Waals surface area contributed by atoms with Crippen LogP contribution in [-0.4, -0.2) is 84.7 Å². The highest BCUT2D eigenvalue weighted by Gasteiger charge is 2.28. The quantitative estimate of drug-likeness (QED) is 0.743. The summed E-state index contributed by atoms with van der Waals surface area (Å²) in [5, 5.41) is 13.2. The van der Waals surface area contributed by atoms with Gasteiger partial charge in [0.25, 0.3) is 0 Å². The highest BCUT2D eigenvalue weighted by atomic mass is 32.1. The molecule has 7 nitrogen and oxygen atoms in total. The van der Waals surface area contributed by atoms with Gasteiger partial charge in [-0.05, 0) is 30.4 Å². The molecule has 3 amide bonds. The summed E-state index contributed by atoms with van der Waals surface area (Å²) in [7, 11) is 3.54. The van der Waals surface area contributed by atoms with Gasteiger partial charge in [-0.25, -0.2) is 4.79 Å². The first-order valence-electron chi connectivity index (χ1n) is 10.1. The highest BCUT2D eigenvalue weighted by Crippen LogP contribution is 2.20. The number of hydrogen-bond acceptors (Lipinski definition) is 4. The number of piperidine rings is 1. The minimum atomic E-state index is -0.595. The number of aliphatic hydroxyl groups is 1. The molecular weight excluding hydrogens is 388 g/mol. The predicted octanol–water partition coefficient (Wildman–Crippen LogP) is 1.03. The molecule has 0 saturated carbocycles. The number of nitrogens with zero attached hydrogens (tertiary/aromatic N) is 3. The van der Waals surface area contributed by atoms with E-state index in [0.717, 1.165) is 19.5 Å². The fraction of sp³-hybridized carbons (Fsp3) is 0.619. The second kappa shape index (κ2) is 10.8. The van der Waals surface area contributed by atoms with E-state index in [4.69, 9.17) is 0 Å². The van der Waals surface area contributed by atoms with Crippen LogP contribution >= 0.6 is 13.5 Å². The van der Waals surface area contributed by atoms with Gasteiger partial charge in [-0.1, -0.05) is 24.3 Å². The molecular formula is C21H34N4O3S. The fourth-order valence-electron chi connectivity index (χ4n) is 4.08. The number of β-amino-alcohol motifs (C(OH)–C–C–N with tert-alkyl or cyclic N) is 1. The summed E-state index contributed by atoms with van der Waals surface area (Å²) in [5.41, 5.74) is 2.71. The molecule has 3 rings (SSSR count). The summed E-state index contributed by atoms with van der Waals surface area (Å²) in [6.07, 6.45) is 1.79. The minimum absolute atomic E-state index is 0. The first-order chi connectivity index (χ1) is 13.4. The highest BCUT2D eigenvalue weighted by molar-refractivity contribution is 7.59. The SMILES string of the molecule is CN(C)C(=O)C1CCN(C(=O)NC[C@H](O)CN2CCc3ccccc3C2)CC1.S. The van der Waals surface area contributed by atoms with Crippen LogP contribution in [0.4, 0.5) is 4.79 Å². The van der Waals surface area contributed by atoms with Crippen molar-refractivity contribution in [3.8, 4) is 0 Å². The van der Waals surface area contributed by atoms with Crippen molar-refractivity contribution in [2.24, 2.45) is 5.92 Å². The Kier molecular flexibility index (Phi) is 8.79. The standard InChI is InChI=1S/C21H32N4O3.H2S/c1-23(2)20(27)17-8-11-25(12-9-17)21(28)22-13-19(26)15-24-10-7-16-5-3-4-6-18(16)14-24;/h3-6,17,19,26H,7-15H2,1-2H3,(H,22,28);1H2/t19-;/m0./s1. The van der Waals surface area contributed by atoms with Crippen LogP contribution in [0.5, 0.6) is 0 Å². The van der Waals surface area contributed by atoms with Crippen LogP contribution in [-0.2, 0) is 17.8 Å². The first kappa shape index (κ1) is 23.5. The first-order valence-corrected chi connectivity index (χ1v) is 10.1. The number of aliphatic hydroxyl groups excluding tert-OH is 1. The fourth-order valence-corrected chi connectivity index (χ4v) is 4.08. The topological polar surface area (TPSA) is 76.1 Å². The summed E-state index contributed by atoms with van der Waals surface area (Å²) >= 11 is 0. The van der Waals surface area contributed by atoms with Gasteiger partial charge in [0, 0.05) is 59.3 Å². The second-order valence-corrected chi connectivity index (χ2v) is 8.09. The van der Waals surface area contributed by atoms with E-state index < -0.39 is 6.10 Å². The summed E-state index contributed by atoms with van der Waals surface area (Å²) in [6.45, 7) is 3.72. The zero-order chi connectivity index (χ0) is 20.1. The van der Waals surface area contributed by atoms with E-state index in [0.29, 0.717) is 32.5 Å². The second-order valence-electron chi connectivity index (χ2n) is 8.09. The van der Waals surface area contributed by atoms with Crippen LogP contribution in [0.25, 0.3) is 0 Å². The smallest absolute Gasteiger partial charge is 0.317 e. The van der Waals surface area contributed by atoms with Crippen LogP contribution < -0.4 is 5.32 Å². The lowest BCUT2D eigenvalue weighted by Gasteiger charge is -2.33. The van der Waals surface area contributed by atoms with Crippen LogP contribution in [0.3, 0.4) is 0 Å². The molecule has 1 aromatic rings. The molecule has 1 fully saturated rings. The van der Waals surface area contributed by atoms with E-state index in [1.165, 1.54) is 11.1 Å². The molecule has 162 valence electrons. The van der Waals surface area contributed by atoms with Gasteiger partial charge in [0.2, 0.25) is 5.91 Å². The van der Waals surface area contributed by atoms with Crippen LogP contribution in [0, 0.1) is 5.92 Å². The molecule has 1 atom stereocenters. The number of benzene rings is 1. The van der Waals surface area contributed by atoms with Gasteiger partial charge >= 0.3 is 6.03 Å². The number of nitrogens with one attached hydrogen (secondary N) is 1. The number of fused-ring (bicyclic) bond motifs is 1. The van der Waals surface area contributed by atoms with Crippen molar-refractivity contribution in [1.29, 1.82) is 0 Å². The third-order valence-corrected chi connectivity index (χ3v) is 5.74. The Morgan fingerprint density at radius 3 is 2.48 bits per heavy atom. The molecule has 2 aliphatic rings. The molecule has 1 aromatic carbocycles. The Morgan fingerprint density at radius 2 is 1.83 bits per heavy atom. The predicted molar refractivity (Wildman–Crippen MR) is 118 cm³/mol. The van der Waals surface area contributed by atoms with E-state index in [-0.39, 0.29) is 37.9 Å². The number of amides is 3. The molecule has 0 spiro atoms. The normalized spacial score (nSPS) is 18.4. The summed E-state index contributed by atoms with van der Waals surface area (Å²) < 4.78 is 0. The molecule has 0 aromatic heterocycles. The van der Waals surface area contributed by atoms with Crippen molar-refractivity contribution >= 4 is 25.4 Å². The lowest BCUT2D eigenvalue weighted by atomic mass is 9.96. The molecule has 0 radical (unpaired) electrons. The lowest BCUT2D eigenvalue weighted by molar-refractivity contribution is -0.134. The van der Waals surface area contributed by atoms with Crippen molar-refractivity contribution in [2.75, 3.05) is 46.8 Å². The van der Waals surface area contributed by atoms with Gasteiger partial charge < -0.3 is 20.2 Å². The van der Waals surface area contributed by atoms with E-state index >= 15 is 0 Å². The van der Waals surface area contributed by atoms with E-state index in [9.17, 15) is 14.7 Å². The van der Waals surface area contributed by atoms with Crippen LogP contribution in [0.1, 0.15) is 24.0 Å². The van der Waals surface area contributed by atoms with Gasteiger partial charge in [-0.3, -0.25) is 9.69 Å². The van der Waals surface area contributed by atoms with Crippen LogP contribution in [0.2, 0.25) is 0 Å². The molecule has 2 heterocycles. The van der Waals surface area contributed by atoms with Crippen molar-refractivity contribution < 1.29 is 14.7 Å². The molecule has 8 heteroatoms. The molecule has 1 saturated heterocycles. The van der Waals surface area contributed by atoms with Gasteiger partial charge in [-0.2, -0.15) is 13.5 Å². The third kappa shape index (κ3) is 6.35. The van der Waals surface area contributed by atoms with E-state index in [2.05, 4.69) is 28.4 Å². The maximum Gasteiger partial charge on any atom is 0.317 e. The Labute approximate surface area is 180 Å².